The molecule has 0 saturated carbocycles. The first-order valence-electron chi connectivity index (χ1n) is 9.24. The fourth-order valence-corrected chi connectivity index (χ4v) is 2.85. The molecule has 5 nitrogen and oxygen atoms in total. The molecule has 0 fully saturated rings. The summed E-state index contributed by atoms with van der Waals surface area (Å²) in [6, 6.07) is 16.6. The largest absolute Gasteiger partial charge is 0.345 e. The highest BCUT2D eigenvalue weighted by atomic mass is 16.2. The van der Waals surface area contributed by atoms with Gasteiger partial charge in [0.25, 0.3) is 5.91 Å². The number of rotatable bonds is 10. The molecule has 2 amide bonds. The third-order valence-electron chi connectivity index (χ3n) is 4.23. The monoisotopic (exact) mass is 377 g/mol. The van der Waals surface area contributed by atoms with E-state index in [1.54, 1.807) is 36.4 Å². The van der Waals surface area contributed by atoms with Crippen LogP contribution in [0.4, 0.5) is 5.69 Å². The summed E-state index contributed by atoms with van der Waals surface area (Å²) in [5.41, 5.74) is 1.93. The van der Waals surface area contributed by atoms with E-state index in [1.165, 1.54) is 0 Å². The second-order valence-corrected chi connectivity index (χ2v) is 6.47. The Hall–Kier alpha value is -3.18. The summed E-state index contributed by atoms with van der Waals surface area (Å²) < 4.78 is 0. The lowest BCUT2D eigenvalue weighted by Gasteiger charge is -2.19. The number of benzene rings is 2. The predicted octanol–water partition coefficient (Wildman–Crippen LogP) is 3.79. The van der Waals surface area contributed by atoms with Gasteiger partial charge in [-0.05, 0) is 24.6 Å². The van der Waals surface area contributed by atoms with Crippen molar-refractivity contribution in [2.45, 2.75) is 13.0 Å². The average Bonchev–Trinajstić information content (AvgIpc) is 2.69. The smallest absolute Gasteiger partial charge is 0.253 e. The maximum atomic E-state index is 12.8. The van der Waals surface area contributed by atoms with Crippen molar-refractivity contribution in [3.63, 3.8) is 0 Å². The van der Waals surface area contributed by atoms with Crippen molar-refractivity contribution in [1.29, 1.82) is 0 Å². The Balaban J connectivity index is 2.07. The Labute approximate surface area is 166 Å². The van der Waals surface area contributed by atoms with Gasteiger partial charge in [0.2, 0.25) is 5.91 Å². The van der Waals surface area contributed by atoms with Gasteiger partial charge in [-0.1, -0.05) is 54.6 Å². The molecule has 0 aromatic heterocycles. The van der Waals surface area contributed by atoms with Crippen LogP contribution in [-0.2, 0) is 4.79 Å². The van der Waals surface area contributed by atoms with Crippen LogP contribution in [0.2, 0.25) is 0 Å². The van der Waals surface area contributed by atoms with Crippen LogP contribution in [0.15, 0.2) is 79.9 Å². The molecule has 0 heterocycles. The van der Waals surface area contributed by atoms with Crippen molar-refractivity contribution >= 4 is 17.5 Å². The number of nitrogens with one attached hydrogen (secondary N) is 2. The van der Waals surface area contributed by atoms with Crippen molar-refractivity contribution in [3.05, 3.63) is 91.0 Å². The molecule has 28 heavy (non-hydrogen) atoms. The van der Waals surface area contributed by atoms with E-state index in [1.807, 2.05) is 42.2 Å². The zero-order chi connectivity index (χ0) is 20.4. The van der Waals surface area contributed by atoms with Crippen LogP contribution in [0.1, 0.15) is 28.9 Å². The molecule has 2 aromatic rings. The van der Waals surface area contributed by atoms with Crippen LogP contribution in [0.3, 0.4) is 0 Å². The van der Waals surface area contributed by atoms with Crippen molar-refractivity contribution in [3.8, 4) is 0 Å². The quantitative estimate of drug-likeness (QED) is 0.619. The summed E-state index contributed by atoms with van der Waals surface area (Å²) in [7, 11) is 0. The summed E-state index contributed by atoms with van der Waals surface area (Å²) in [5, 5.41) is 5.82. The SMILES string of the molecule is C=CCN(CC=C)CC(=O)Nc1ccccc1C(=O)NC(C)c1ccccc1. The summed E-state index contributed by atoms with van der Waals surface area (Å²) in [5.74, 6) is -0.429. The molecule has 0 aliphatic rings. The second-order valence-electron chi connectivity index (χ2n) is 6.47. The molecule has 2 rings (SSSR count). The lowest BCUT2D eigenvalue weighted by molar-refractivity contribution is -0.117. The van der Waals surface area contributed by atoms with Gasteiger partial charge in [-0.2, -0.15) is 0 Å². The third-order valence-corrected chi connectivity index (χ3v) is 4.23. The van der Waals surface area contributed by atoms with Gasteiger partial charge in [-0.15, -0.1) is 13.2 Å². The van der Waals surface area contributed by atoms with Gasteiger partial charge >= 0.3 is 0 Å². The number of hydrogen-bond donors (Lipinski definition) is 2. The molecule has 5 heteroatoms. The highest BCUT2D eigenvalue weighted by Crippen LogP contribution is 2.18. The highest BCUT2D eigenvalue weighted by Gasteiger charge is 2.16. The first-order chi connectivity index (χ1) is 13.5. The number of carbonyl (C=O) groups is 2. The minimum Gasteiger partial charge on any atom is -0.345 e. The van der Waals surface area contributed by atoms with Crippen molar-refractivity contribution in [2.24, 2.45) is 0 Å². The molecule has 0 bridgehead atoms. The topological polar surface area (TPSA) is 61.4 Å². The molecule has 0 spiro atoms. The van der Waals surface area contributed by atoms with Gasteiger partial charge in [0, 0.05) is 13.1 Å². The number of nitrogens with zero attached hydrogens (tertiary/aromatic N) is 1. The molecule has 0 aliphatic heterocycles. The van der Waals surface area contributed by atoms with E-state index in [0.29, 0.717) is 24.3 Å². The van der Waals surface area contributed by atoms with Gasteiger partial charge < -0.3 is 10.6 Å². The van der Waals surface area contributed by atoms with Crippen molar-refractivity contribution in [2.75, 3.05) is 25.0 Å². The molecule has 0 aliphatic carbocycles. The fraction of sp³-hybridized carbons (Fsp3) is 0.217. The lowest BCUT2D eigenvalue weighted by atomic mass is 10.1. The average molecular weight is 377 g/mol. The van der Waals surface area contributed by atoms with E-state index in [0.717, 1.165) is 5.56 Å². The highest BCUT2D eigenvalue weighted by molar-refractivity contribution is 6.04. The van der Waals surface area contributed by atoms with Gasteiger partial charge in [0.1, 0.15) is 0 Å². The maximum absolute atomic E-state index is 12.8. The van der Waals surface area contributed by atoms with Gasteiger partial charge in [0.15, 0.2) is 0 Å². The van der Waals surface area contributed by atoms with E-state index in [-0.39, 0.29) is 24.4 Å². The number of anilines is 1. The molecular weight excluding hydrogens is 350 g/mol. The molecule has 2 aromatic carbocycles. The molecule has 146 valence electrons. The van der Waals surface area contributed by atoms with E-state index < -0.39 is 0 Å². The number of para-hydroxylation sites is 1. The number of hydrogen-bond acceptors (Lipinski definition) is 3. The third kappa shape index (κ3) is 6.21. The van der Waals surface area contributed by atoms with Gasteiger partial charge in [0.05, 0.1) is 23.8 Å². The van der Waals surface area contributed by atoms with E-state index in [9.17, 15) is 9.59 Å². The Morgan fingerprint density at radius 1 is 1.00 bits per heavy atom. The minimum atomic E-state index is -0.235. The van der Waals surface area contributed by atoms with Crippen LogP contribution in [0.5, 0.6) is 0 Å². The van der Waals surface area contributed by atoms with Crippen LogP contribution >= 0.6 is 0 Å². The van der Waals surface area contributed by atoms with Crippen molar-refractivity contribution in [1.82, 2.24) is 10.2 Å². The standard InChI is InChI=1S/C23H27N3O2/c1-4-15-26(16-5-2)17-22(27)25-21-14-10-9-13-20(21)23(28)24-18(3)19-11-7-6-8-12-19/h4-14,18H,1-2,15-17H2,3H3,(H,24,28)(H,25,27). The molecule has 2 N–H and O–H groups in total. The lowest BCUT2D eigenvalue weighted by Crippen LogP contribution is -2.34. The predicted molar refractivity (Wildman–Crippen MR) is 114 cm³/mol. The zero-order valence-corrected chi connectivity index (χ0v) is 16.2. The Bertz CT molecular complexity index is 808. The minimum absolute atomic E-state index is 0.145. The summed E-state index contributed by atoms with van der Waals surface area (Å²) >= 11 is 0. The maximum Gasteiger partial charge on any atom is 0.253 e. The number of carbonyl (C=O) groups excluding carboxylic acids is 2. The van der Waals surface area contributed by atoms with E-state index >= 15 is 0 Å². The van der Waals surface area contributed by atoms with E-state index in [4.69, 9.17) is 0 Å². The first kappa shape index (κ1) is 21.1. The summed E-state index contributed by atoms with van der Waals surface area (Å²) in [6.45, 7) is 10.7. The second kappa shape index (κ2) is 10.8. The molecule has 0 saturated heterocycles. The van der Waals surface area contributed by atoms with Gasteiger partial charge in [-0.25, -0.2) is 0 Å². The normalized spacial score (nSPS) is 11.5. The zero-order valence-electron chi connectivity index (χ0n) is 16.2. The molecule has 0 radical (unpaired) electrons. The van der Waals surface area contributed by atoms with Crippen molar-refractivity contribution < 1.29 is 9.59 Å². The number of amides is 2. The molecule has 1 atom stereocenters. The Morgan fingerprint density at radius 2 is 1.61 bits per heavy atom. The van der Waals surface area contributed by atoms with Crippen LogP contribution in [-0.4, -0.2) is 36.3 Å². The first-order valence-corrected chi connectivity index (χ1v) is 9.24. The Kier molecular flexibility index (Phi) is 8.18. The van der Waals surface area contributed by atoms with E-state index in [2.05, 4.69) is 23.8 Å². The Morgan fingerprint density at radius 3 is 2.25 bits per heavy atom. The molecular formula is C23H27N3O2. The van der Waals surface area contributed by atoms with Crippen LogP contribution in [0, 0.1) is 0 Å². The van der Waals surface area contributed by atoms with Crippen LogP contribution < -0.4 is 10.6 Å². The van der Waals surface area contributed by atoms with Crippen LogP contribution in [0.25, 0.3) is 0 Å². The summed E-state index contributed by atoms with van der Waals surface area (Å²) in [6.07, 6.45) is 3.48. The summed E-state index contributed by atoms with van der Waals surface area (Å²) in [4.78, 5) is 27.1. The van der Waals surface area contributed by atoms with Gasteiger partial charge in [-0.3, -0.25) is 14.5 Å². The fourth-order valence-electron chi connectivity index (χ4n) is 2.85. The molecule has 1 unspecified atom stereocenters.